The van der Waals surface area contributed by atoms with E-state index in [-0.39, 0.29) is 22.8 Å². The average Bonchev–Trinajstić information content (AvgIpc) is 2.76. The van der Waals surface area contributed by atoms with Crippen LogP contribution in [0.4, 0.5) is 17.1 Å². The van der Waals surface area contributed by atoms with E-state index in [2.05, 4.69) is 10.6 Å². The Balaban J connectivity index is 1.55. The summed E-state index contributed by atoms with van der Waals surface area (Å²) in [6.07, 6.45) is 0. The number of benzene rings is 3. The normalized spacial score (nSPS) is 11.4. The smallest absolute Gasteiger partial charge is 0.269 e. The highest BCUT2D eigenvalue weighted by Gasteiger charge is 2.15. The molecule has 0 spiro atoms. The maximum absolute atomic E-state index is 12.4. The second-order valence-corrected chi connectivity index (χ2v) is 8.31. The average molecular weight is 436 g/mol. The number of aryl methyl sites for hydroxylation is 1. The molecule has 0 saturated carbocycles. The highest BCUT2D eigenvalue weighted by atomic mass is 32.2. The molecule has 1 atom stereocenters. The van der Waals surface area contributed by atoms with Crippen LogP contribution in [0, 0.1) is 17.0 Å². The molecule has 2 amide bonds. The molecule has 1 unspecified atom stereocenters. The summed E-state index contributed by atoms with van der Waals surface area (Å²) in [7, 11) is 0. The van der Waals surface area contributed by atoms with Gasteiger partial charge in [-0.2, -0.15) is 0 Å². The molecule has 0 aliphatic heterocycles. The lowest BCUT2D eigenvalue weighted by molar-refractivity contribution is -0.384. The molecule has 0 radical (unpaired) electrons. The minimum atomic E-state index is -0.514. The number of anilines is 2. The number of nitrogens with zero attached hydrogens (tertiary/aromatic N) is 1. The third-order valence-electron chi connectivity index (χ3n) is 4.45. The molecule has 158 valence electrons. The van der Waals surface area contributed by atoms with Crippen LogP contribution in [0.5, 0.6) is 0 Å². The number of carbonyl (C=O) groups excluding carboxylic acids is 2. The van der Waals surface area contributed by atoms with Gasteiger partial charge in [-0.3, -0.25) is 19.7 Å². The van der Waals surface area contributed by atoms with Crippen LogP contribution in [0.15, 0.2) is 77.7 Å². The van der Waals surface area contributed by atoms with Crippen molar-refractivity contribution < 1.29 is 14.5 Å². The Bertz CT molecular complexity index is 1080. The number of rotatable bonds is 7. The summed E-state index contributed by atoms with van der Waals surface area (Å²) in [5, 5.41) is 16.0. The topological polar surface area (TPSA) is 101 Å². The number of nitro benzene ring substituents is 1. The van der Waals surface area contributed by atoms with Crippen molar-refractivity contribution in [3.05, 3.63) is 94.0 Å². The van der Waals surface area contributed by atoms with Crippen molar-refractivity contribution >= 4 is 40.6 Å². The van der Waals surface area contributed by atoms with Gasteiger partial charge in [0.25, 0.3) is 11.6 Å². The maximum Gasteiger partial charge on any atom is 0.269 e. The van der Waals surface area contributed by atoms with Gasteiger partial charge >= 0.3 is 0 Å². The number of amides is 2. The molecular formula is C23H21N3O4S. The Morgan fingerprint density at radius 3 is 2.00 bits per heavy atom. The number of hydrogen-bond donors (Lipinski definition) is 2. The van der Waals surface area contributed by atoms with Crippen LogP contribution in [0.3, 0.4) is 0 Å². The number of hydrogen-bond acceptors (Lipinski definition) is 5. The fourth-order valence-electron chi connectivity index (χ4n) is 2.69. The van der Waals surface area contributed by atoms with Crippen molar-refractivity contribution in [1.82, 2.24) is 0 Å². The Morgan fingerprint density at radius 1 is 0.871 bits per heavy atom. The standard InChI is InChI=1S/C23H21N3O4S/c1-15-3-7-18(8-4-15)24-22(27)16(2)31-21-13-9-19(10-14-21)25-23(28)17-5-11-20(12-6-17)26(29)30/h3-14,16H,1-2H3,(H,24,27)(H,25,28). The molecule has 8 heteroatoms. The zero-order valence-electron chi connectivity index (χ0n) is 17.0. The van der Waals surface area contributed by atoms with E-state index in [0.717, 1.165) is 16.1 Å². The van der Waals surface area contributed by atoms with Gasteiger partial charge in [-0.05, 0) is 62.4 Å². The minimum Gasteiger partial charge on any atom is -0.325 e. The van der Waals surface area contributed by atoms with Crippen LogP contribution in [0.2, 0.25) is 0 Å². The first-order valence-electron chi connectivity index (χ1n) is 9.52. The lowest BCUT2D eigenvalue weighted by atomic mass is 10.2. The monoisotopic (exact) mass is 435 g/mol. The summed E-state index contributed by atoms with van der Waals surface area (Å²) >= 11 is 1.41. The van der Waals surface area contributed by atoms with E-state index in [4.69, 9.17) is 0 Å². The molecule has 0 bridgehead atoms. The summed E-state index contributed by atoms with van der Waals surface area (Å²) in [6.45, 7) is 3.82. The van der Waals surface area contributed by atoms with Gasteiger partial charge in [0.05, 0.1) is 10.2 Å². The van der Waals surface area contributed by atoms with E-state index in [1.165, 1.54) is 36.0 Å². The molecule has 3 aromatic carbocycles. The number of thioether (sulfide) groups is 1. The van der Waals surface area contributed by atoms with Gasteiger partial charge in [0.2, 0.25) is 5.91 Å². The number of carbonyl (C=O) groups is 2. The second-order valence-electron chi connectivity index (χ2n) is 6.90. The van der Waals surface area contributed by atoms with Crippen molar-refractivity contribution in [2.45, 2.75) is 24.0 Å². The molecule has 0 fully saturated rings. The van der Waals surface area contributed by atoms with Crippen molar-refractivity contribution in [3.63, 3.8) is 0 Å². The maximum atomic E-state index is 12.4. The lowest BCUT2D eigenvalue weighted by Gasteiger charge is -2.13. The van der Waals surface area contributed by atoms with Gasteiger partial charge in [-0.15, -0.1) is 11.8 Å². The molecule has 7 nitrogen and oxygen atoms in total. The Hall–Kier alpha value is -3.65. The number of nitrogens with one attached hydrogen (secondary N) is 2. The number of nitro groups is 1. The van der Waals surface area contributed by atoms with E-state index in [1.54, 1.807) is 12.1 Å². The minimum absolute atomic E-state index is 0.0709. The summed E-state index contributed by atoms with van der Waals surface area (Å²) < 4.78 is 0. The predicted molar refractivity (Wildman–Crippen MR) is 123 cm³/mol. The van der Waals surface area contributed by atoms with Crippen LogP contribution in [-0.2, 0) is 4.79 Å². The first kappa shape index (κ1) is 22.0. The highest BCUT2D eigenvalue weighted by molar-refractivity contribution is 8.00. The van der Waals surface area contributed by atoms with Gasteiger partial charge in [0, 0.05) is 34.0 Å². The summed E-state index contributed by atoms with van der Waals surface area (Å²) in [5.41, 5.74) is 2.72. The molecule has 0 aliphatic carbocycles. The van der Waals surface area contributed by atoms with Crippen molar-refractivity contribution in [3.8, 4) is 0 Å². The van der Waals surface area contributed by atoms with Gasteiger partial charge in [-0.1, -0.05) is 17.7 Å². The van der Waals surface area contributed by atoms with Crippen LogP contribution >= 0.6 is 11.8 Å². The van der Waals surface area contributed by atoms with Crippen LogP contribution in [-0.4, -0.2) is 22.0 Å². The van der Waals surface area contributed by atoms with Crippen molar-refractivity contribution in [2.24, 2.45) is 0 Å². The van der Waals surface area contributed by atoms with Crippen LogP contribution in [0.1, 0.15) is 22.8 Å². The van der Waals surface area contributed by atoms with Crippen molar-refractivity contribution in [2.75, 3.05) is 10.6 Å². The fraction of sp³-hybridized carbons (Fsp3) is 0.130. The van der Waals surface area contributed by atoms with E-state index in [1.807, 2.05) is 50.2 Å². The van der Waals surface area contributed by atoms with Gasteiger partial charge < -0.3 is 10.6 Å². The first-order chi connectivity index (χ1) is 14.8. The van der Waals surface area contributed by atoms with Crippen LogP contribution in [0.25, 0.3) is 0 Å². The largest absolute Gasteiger partial charge is 0.325 e. The quantitative estimate of drug-likeness (QED) is 0.299. The Kier molecular flexibility index (Phi) is 7.04. The molecule has 3 aromatic rings. The zero-order valence-corrected chi connectivity index (χ0v) is 17.8. The van der Waals surface area contributed by atoms with Gasteiger partial charge in [-0.25, -0.2) is 0 Å². The summed E-state index contributed by atoms with van der Waals surface area (Å²) in [6, 6.07) is 20.2. The fourth-order valence-corrected chi connectivity index (χ4v) is 3.56. The number of non-ortho nitro benzene ring substituents is 1. The Morgan fingerprint density at radius 2 is 1.42 bits per heavy atom. The first-order valence-corrected chi connectivity index (χ1v) is 10.4. The molecule has 2 N–H and O–H groups in total. The van der Waals surface area contributed by atoms with E-state index >= 15 is 0 Å². The van der Waals surface area contributed by atoms with Crippen LogP contribution < -0.4 is 10.6 Å². The lowest BCUT2D eigenvalue weighted by Crippen LogP contribution is -2.22. The molecule has 0 heterocycles. The second kappa shape index (κ2) is 9.90. The third kappa shape index (κ3) is 6.16. The summed E-state index contributed by atoms with van der Waals surface area (Å²) in [5.74, 6) is -0.453. The highest BCUT2D eigenvalue weighted by Crippen LogP contribution is 2.26. The molecule has 3 rings (SSSR count). The molecule has 0 saturated heterocycles. The molecule has 0 aromatic heterocycles. The SMILES string of the molecule is Cc1ccc(NC(=O)C(C)Sc2ccc(NC(=O)c3ccc([N+](=O)[O-])cc3)cc2)cc1. The van der Waals surface area contributed by atoms with E-state index < -0.39 is 4.92 Å². The van der Waals surface area contributed by atoms with Gasteiger partial charge in [0.1, 0.15) is 0 Å². The van der Waals surface area contributed by atoms with Gasteiger partial charge in [0.15, 0.2) is 0 Å². The summed E-state index contributed by atoms with van der Waals surface area (Å²) in [4.78, 5) is 35.8. The zero-order chi connectivity index (χ0) is 22.4. The predicted octanol–water partition coefficient (Wildman–Crippen LogP) is 5.27. The van der Waals surface area contributed by atoms with E-state index in [9.17, 15) is 19.7 Å². The van der Waals surface area contributed by atoms with E-state index in [0.29, 0.717) is 11.3 Å². The third-order valence-corrected chi connectivity index (χ3v) is 5.57. The molecule has 0 aliphatic rings. The molecular weight excluding hydrogens is 414 g/mol. The molecule has 31 heavy (non-hydrogen) atoms. The van der Waals surface area contributed by atoms with Crippen molar-refractivity contribution in [1.29, 1.82) is 0 Å². The Labute approximate surface area is 184 Å².